The van der Waals surface area contributed by atoms with Gasteiger partial charge in [-0.25, -0.2) is 9.74 Å². The third-order valence-corrected chi connectivity index (χ3v) is 3.73. The molecular weight excluding hydrogens is 244 g/mol. The van der Waals surface area contributed by atoms with Crippen LogP contribution in [0.2, 0.25) is 0 Å². The normalized spacial score (nSPS) is 28.6. The molecule has 1 atom stereocenters. The lowest BCUT2D eigenvalue weighted by molar-refractivity contribution is -0.302. The van der Waals surface area contributed by atoms with Gasteiger partial charge in [0.1, 0.15) is 0 Å². The fourth-order valence-electron chi connectivity index (χ4n) is 2.00. The standard InChI is InChI=1S/C10H10N2O4S/c1-10(2-3-15-11-16-10)12-8(13)6-4-17-5-7(6)9(12)14/h4-5,11H,2-3H2,1H3. The Labute approximate surface area is 101 Å². The van der Waals surface area contributed by atoms with Gasteiger partial charge >= 0.3 is 0 Å². The summed E-state index contributed by atoms with van der Waals surface area (Å²) in [4.78, 5) is 35.5. The molecule has 3 heterocycles. The maximum absolute atomic E-state index is 12.1. The van der Waals surface area contributed by atoms with E-state index in [1.165, 1.54) is 11.3 Å². The lowest BCUT2D eigenvalue weighted by atomic mass is 10.1. The van der Waals surface area contributed by atoms with Crippen molar-refractivity contribution < 1.29 is 19.3 Å². The summed E-state index contributed by atoms with van der Waals surface area (Å²) < 4.78 is 0. The van der Waals surface area contributed by atoms with Crippen molar-refractivity contribution in [3.05, 3.63) is 21.9 Å². The Morgan fingerprint density at radius 2 is 2.00 bits per heavy atom. The average molecular weight is 254 g/mol. The van der Waals surface area contributed by atoms with E-state index in [2.05, 4.69) is 5.64 Å². The molecule has 1 N–H and O–H groups in total. The highest BCUT2D eigenvalue weighted by atomic mass is 32.1. The second-order valence-electron chi connectivity index (χ2n) is 4.10. The molecule has 0 aliphatic carbocycles. The summed E-state index contributed by atoms with van der Waals surface area (Å²) in [7, 11) is 0. The molecule has 2 aliphatic heterocycles. The number of thiophene rings is 1. The molecule has 1 aromatic rings. The molecule has 1 aromatic heterocycles. The van der Waals surface area contributed by atoms with Crippen molar-refractivity contribution in [2.24, 2.45) is 0 Å². The van der Waals surface area contributed by atoms with Crippen molar-refractivity contribution in [2.75, 3.05) is 6.61 Å². The molecule has 0 aromatic carbocycles. The molecule has 1 saturated heterocycles. The Morgan fingerprint density at radius 3 is 2.53 bits per heavy atom. The van der Waals surface area contributed by atoms with Crippen LogP contribution in [0.25, 0.3) is 0 Å². The minimum atomic E-state index is -0.997. The quantitative estimate of drug-likeness (QED) is 0.755. The van der Waals surface area contributed by atoms with E-state index in [1.54, 1.807) is 17.7 Å². The number of rotatable bonds is 1. The number of nitrogens with one attached hydrogen (secondary N) is 1. The third kappa shape index (κ3) is 1.44. The largest absolute Gasteiger partial charge is 0.276 e. The molecular formula is C10H10N2O4S. The van der Waals surface area contributed by atoms with Gasteiger partial charge < -0.3 is 0 Å². The lowest BCUT2D eigenvalue weighted by Crippen LogP contribution is -2.57. The summed E-state index contributed by atoms with van der Waals surface area (Å²) in [5, 5.41) is 3.37. The Bertz CT molecular complexity index is 462. The second kappa shape index (κ2) is 3.61. The predicted molar refractivity (Wildman–Crippen MR) is 58.0 cm³/mol. The molecule has 0 radical (unpaired) electrons. The highest BCUT2D eigenvalue weighted by Gasteiger charge is 2.49. The Morgan fingerprint density at radius 1 is 1.35 bits per heavy atom. The van der Waals surface area contributed by atoms with Crippen LogP contribution in [0.15, 0.2) is 10.8 Å². The van der Waals surface area contributed by atoms with Crippen LogP contribution in [-0.2, 0) is 9.68 Å². The minimum absolute atomic E-state index is 0.308. The third-order valence-electron chi connectivity index (χ3n) is 2.99. The Balaban J connectivity index is 1.98. The average Bonchev–Trinajstić information content (AvgIpc) is 2.85. The van der Waals surface area contributed by atoms with Crippen LogP contribution >= 0.6 is 11.3 Å². The Hall–Kier alpha value is -1.28. The van der Waals surface area contributed by atoms with E-state index >= 15 is 0 Å². The topological polar surface area (TPSA) is 67.9 Å². The first kappa shape index (κ1) is 10.8. The van der Waals surface area contributed by atoms with Crippen LogP contribution in [0.4, 0.5) is 0 Å². The summed E-state index contributed by atoms with van der Waals surface area (Å²) >= 11 is 1.35. The summed E-state index contributed by atoms with van der Waals surface area (Å²) in [5.41, 5.74) is 2.18. The number of amides is 2. The molecule has 2 aliphatic rings. The predicted octanol–water partition coefficient (Wildman–Crippen LogP) is 0.917. The van der Waals surface area contributed by atoms with Crippen molar-refractivity contribution in [3.63, 3.8) is 0 Å². The molecule has 1 fully saturated rings. The molecule has 3 rings (SSSR count). The smallest absolute Gasteiger partial charge is 0.264 e. The highest BCUT2D eigenvalue weighted by molar-refractivity contribution is 7.08. The van der Waals surface area contributed by atoms with E-state index in [-0.39, 0.29) is 11.8 Å². The number of carbonyl (C=O) groups excluding carboxylic acids is 2. The van der Waals surface area contributed by atoms with Gasteiger partial charge in [-0.05, 0) is 6.92 Å². The molecule has 7 heteroatoms. The van der Waals surface area contributed by atoms with Crippen LogP contribution in [0.3, 0.4) is 0 Å². The van der Waals surface area contributed by atoms with Crippen molar-refractivity contribution >= 4 is 23.2 Å². The maximum atomic E-state index is 12.1. The first-order valence-electron chi connectivity index (χ1n) is 5.13. The van der Waals surface area contributed by atoms with Gasteiger partial charge in [0.15, 0.2) is 5.72 Å². The zero-order valence-electron chi connectivity index (χ0n) is 9.06. The van der Waals surface area contributed by atoms with Crippen molar-refractivity contribution in [1.82, 2.24) is 10.5 Å². The van der Waals surface area contributed by atoms with E-state index < -0.39 is 5.72 Å². The number of hydrogen-bond donors (Lipinski definition) is 1. The number of hydrogen-bond acceptors (Lipinski definition) is 6. The molecule has 1 unspecified atom stereocenters. The number of carbonyl (C=O) groups is 2. The van der Waals surface area contributed by atoms with Gasteiger partial charge in [0.25, 0.3) is 11.8 Å². The fraction of sp³-hybridized carbons (Fsp3) is 0.400. The SMILES string of the molecule is CC1(N2C(=O)c3cscc3C2=O)CCONO1. The van der Waals surface area contributed by atoms with Gasteiger partial charge in [0, 0.05) is 17.2 Å². The molecule has 17 heavy (non-hydrogen) atoms. The highest BCUT2D eigenvalue weighted by Crippen LogP contribution is 2.34. The van der Waals surface area contributed by atoms with Gasteiger partial charge in [0.2, 0.25) is 0 Å². The van der Waals surface area contributed by atoms with Crippen LogP contribution in [0.5, 0.6) is 0 Å². The molecule has 2 amide bonds. The molecule has 0 bridgehead atoms. The van der Waals surface area contributed by atoms with Gasteiger partial charge in [-0.3, -0.25) is 14.4 Å². The van der Waals surface area contributed by atoms with Crippen molar-refractivity contribution in [2.45, 2.75) is 19.1 Å². The summed E-state index contributed by atoms with van der Waals surface area (Å²) in [5.74, 6) is -0.616. The second-order valence-corrected chi connectivity index (χ2v) is 4.85. The molecule has 0 saturated carbocycles. The Kier molecular flexibility index (Phi) is 2.30. The maximum Gasteiger partial charge on any atom is 0.264 e. The molecule has 90 valence electrons. The van der Waals surface area contributed by atoms with Gasteiger partial charge in [-0.15, -0.1) is 0 Å². The number of fused-ring (bicyclic) bond motifs is 1. The molecule has 6 nitrogen and oxygen atoms in total. The van der Waals surface area contributed by atoms with Gasteiger partial charge in [-0.1, -0.05) is 5.64 Å². The fourth-order valence-corrected chi connectivity index (χ4v) is 2.80. The summed E-state index contributed by atoms with van der Waals surface area (Å²) in [6.07, 6.45) is 0.436. The van der Waals surface area contributed by atoms with Crippen LogP contribution in [0, 0.1) is 0 Å². The van der Waals surface area contributed by atoms with E-state index in [0.29, 0.717) is 24.2 Å². The van der Waals surface area contributed by atoms with E-state index in [4.69, 9.17) is 9.68 Å². The summed E-state index contributed by atoms with van der Waals surface area (Å²) in [6, 6.07) is 0. The summed E-state index contributed by atoms with van der Waals surface area (Å²) in [6.45, 7) is 2.06. The zero-order valence-corrected chi connectivity index (χ0v) is 9.87. The lowest BCUT2D eigenvalue weighted by Gasteiger charge is -2.38. The first-order chi connectivity index (χ1) is 8.13. The van der Waals surface area contributed by atoms with E-state index in [1.807, 2.05) is 0 Å². The molecule has 0 spiro atoms. The van der Waals surface area contributed by atoms with E-state index in [0.717, 1.165) is 4.90 Å². The van der Waals surface area contributed by atoms with Gasteiger partial charge in [0.05, 0.1) is 17.7 Å². The van der Waals surface area contributed by atoms with Crippen LogP contribution in [0.1, 0.15) is 34.1 Å². The van der Waals surface area contributed by atoms with Crippen molar-refractivity contribution in [1.29, 1.82) is 0 Å². The number of nitrogens with zero attached hydrogens (tertiary/aromatic N) is 1. The van der Waals surface area contributed by atoms with Crippen LogP contribution < -0.4 is 5.64 Å². The minimum Gasteiger partial charge on any atom is -0.276 e. The van der Waals surface area contributed by atoms with E-state index in [9.17, 15) is 9.59 Å². The van der Waals surface area contributed by atoms with Crippen LogP contribution in [-0.4, -0.2) is 29.0 Å². The zero-order chi connectivity index (χ0) is 12.0. The van der Waals surface area contributed by atoms with Gasteiger partial charge in [-0.2, -0.15) is 11.3 Å². The van der Waals surface area contributed by atoms with Crippen molar-refractivity contribution in [3.8, 4) is 0 Å². The monoisotopic (exact) mass is 254 g/mol. The number of imide groups is 1. The first-order valence-corrected chi connectivity index (χ1v) is 6.08.